The molecule has 1 aliphatic rings. The van der Waals surface area contributed by atoms with Crippen molar-refractivity contribution in [1.82, 2.24) is 9.29 Å². The summed E-state index contributed by atoms with van der Waals surface area (Å²) in [4.78, 5) is 14.6. The highest BCUT2D eigenvalue weighted by atomic mass is 32.2. The van der Waals surface area contributed by atoms with E-state index < -0.39 is 15.9 Å². The molecule has 0 saturated carbocycles. The summed E-state index contributed by atoms with van der Waals surface area (Å²) in [7, 11) is -3.89. The number of morpholine rings is 1. The molecule has 136 valence electrons. The molecule has 25 heavy (non-hydrogen) atoms. The molecule has 1 aromatic heterocycles. The average molecular weight is 367 g/mol. The highest BCUT2D eigenvalue weighted by Gasteiger charge is 2.33. The molecule has 0 unspecified atom stereocenters. The summed E-state index contributed by atoms with van der Waals surface area (Å²) >= 11 is 0. The zero-order valence-electron chi connectivity index (χ0n) is 13.9. The second-order valence-corrected chi connectivity index (χ2v) is 7.64. The molecule has 9 heteroatoms. The van der Waals surface area contributed by atoms with Crippen LogP contribution in [-0.4, -0.2) is 56.5 Å². The molecule has 0 aliphatic carbocycles. The highest BCUT2D eigenvalue weighted by molar-refractivity contribution is 7.89. The number of aromatic amines is 1. The molecule has 2 heterocycles. The zero-order valence-corrected chi connectivity index (χ0v) is 14.8. The Morgan fingerprint density at radius 2 is 2.08 bits per heavy atom. The molecule has 0 atom stereocenters. The summed E-state index contributed by atoms with van der Waals surface area (Å²) in [5.41, 5.74) is 5.82. The number of amides is 1. The summed E-state index contributed by atoms with van der Waals surface area (Å²) in [6.07, 6.45) is 0.830. The van der Waals surface area contributed by atoms with Crippen molar-refractivity contribution in [3.05, 3.63) is 23.9 Å². The molecule has 3 N–H and O–H groups in total. The molecule has 0 radical (unpaired) electrons. The number of nitrogens with two attached hydrogens (primary N) is 1. The lowest BCUT2D eigenvalue weighted by molar-refractivity contribution is 0.0730. The number of primary amides is 1. The van der Waals surface area contributed by atoms with Gasteiger partial charge >= 0.3 is 0 Å². The SMILES string of the molecule is CCCOc1ccc2[nH]c(C(N)=O)c(S(=O)(=O)N3CCOCC3)c2c1. The predicted molar refractivity (Wildman–Crippen MR) is 92.2 cm³/mol. The molecular formula is C16H21N3O5S. The second-order valence-electron chi connectivity index (χ2n) is 5.77. The minimum absolute atomic E-state index is 0.0983. The number of hydrogen-bond acceptors (Lipinski definition) is 5. The first-order valence-electron chi connectivity index (χ1n) is 8.11. The molecule has 1 amide bonds. The molecule has 1 fully saturated rings. The van der Waals surface area contributed by atoms with E-state index in [1.807, 2.05) is 6.92 Å². The van der Waals surface area contributed by atoms with Gasteiger partial charge in [0.25, 0.3) is 5.91 Å². The van der Waals surface area contributed by atoms with Gasteiger partial charge in [-0.2, -0.15) is 4.31 Å². The van der Waals surface area contributed by atoms with Crippen LogP contribution in [0.2, 0.25) is 0 Å². The van der Waals surface area contributed by atoms with Crippen molar-refractivity contribution in [2.75, 3.05) is 32.9 Å². The molecule has 1 saturated heterocycles. The smallest absolute Gasteiger partial charge is 0.266 e. The quantitative estimate of drug-likeness (QED) is 0.793. The van der Waals surface area contributed by atoms with Crippen LogP contribution < -0.4 is 10.5 Å². The number of aromatic nitrogens is 1. The molecule has 1 aromatic carbocycles. The van der Waals surface area contributed by atoms with Crippen LogP contribution in [0.4, 0.5) is 0 Å². The fourth-order valence-corrected chi connectivity index (χ4v) is 4.56. The van der Waals surface area contributed by atoms with Gasteiger partial charge in [-0.15, -0.1) is 0 Å². The van der Waals surface area contributed by atoms with Gasteiger partial charge in [-0.05, 0) is 24.6 Å². The van der Waals surface area contributed by atoms with Gasteiger partial charge in [-0.3, -0.25) is 4.79 Å². The van der Waals surface area contributed by atoms with Gasteiger partial charge in [0.1, 0.15) is 16.3 Å². The highest BCUT2D eigenvalue weighted by Crippen LogP contribution is 2.32. The molecule has 1 aliphatic heterocycles. The largest absolute Gasteiger partial charge is 0.494 e. The summed E-state index contributed by atoms with van der Waals surface area (Å²) < 4.78 is 38.3. The molecule has 8 nitrogen and oxygen atoms in total. The van der Waals surface area contributed by atoms with Gasteiger partial charge < -0.3 is 20.2 Å². The molecule has 2 aromatic rings. The van der Waals surface area contributed by atoms with Crippen LogP contribution in [-0.2, 0) is 14.8 Å². The van der Waals surface area contributed by atoms with Crippen LogP contribution in [0.1, 0.15) is 23.8 Å². The number of hydrogen-bond donors (Lipinski definition) is 2. The van der Waals surface area contributed by atoms with Crippen LogP contribution >= 0.6 is 0 Å². The number of ether oxygens (including phenoxy) is 2. The first-order valence-corrected chi connectivity index (χ1v) is 9.55. The summed E-state index contributed by atoms with van der Waals surface area (Å²) in [6.45, 7) is 3.60. The maximum absolute atomic E-state index is 13.1. The number of nitrogens with zero attached hydrogens (tertiary/aromatic N) is 1. The number of carbonyl (C=O) groups is 1. The third-order valence-corrected chi connectivity index (χ3v) is 5.99. The molecule has 0 bridgehead atoms. The standard InChI is InChI=1S/C16H21N3O5S/c1-2-7-24-11-3-4-13-12(10-11)15(14(18-13)16(17)20)25(21,22)19-5-8-23-9-6-19/h3-4,10,18H,2,5-9H2,1H3,(H2,17,20). The van der Waals surface area contributed by atoms with E-state index >= 15 is 0 Å². The van der Waals surface area contributed by atoms with Crippen LogP contribution in [0.15, 0.2) is 23.1 Å². The maximum atomic E-state index is 13.1. The van der Waals surface area contributed by atoms with Crippen molar-refractivity contribution in [1.29, 1.82) is 0 Å². The number of fused-ring (bicyclic) bond motifs is 1. The Morgan fingerprint density at radius 1 is 1.36 bits per heavy atom. The Labute approximate surface area is 145 Å². The van der Waals surface area contributed by atoms with Crippen LogP contribution in [0.3, 0.4) is 0 Å². The van der Waals surface area contributed by atoms with E-state index in [4.69, 9.17) is 15.2 Å². The van der Waals surface area contributed by atoms with E-state index in [2.05, 4.69) is 4.98 Å². The summed E-state index contributed by atoms with van der Waals surface area (Å²) in [5.74, 6) is -0.276. The van der Waals surface area contributed by atoms with Crippen LogP contribution in [0, 0.1) is 0 Å². The number of H-pyrrole nitrogens is 1. The minimum atomic E-state index is -3.89. The lowest BCUT2D eigenvalue weighted by Crippen LogP contribution is -2.41. The predicted octanol–water partition coefficient (Wildman–Crippen LogP) is 1.08. The van der Waals surface area contributed by atoms with Gasteiger partial charge in [0.2, 0.25) is 10.0 Å². The normalized spacial score (nSPS) is 16.2. The van der Waals surface area contributed by atoms with Crippen molar-refractivity contribution in [2.45, 2.75) is 18.2 Å². The number of rotatable bonds is 6. The van der Waals surface area contributed by atoms with Gasteiger partial charge in [0.15, 0.2) is 0 Å². The van der Waals surface area contributed by atoms with Crippen LogP contribution in [0.5, 0.6) is 5.75 Å². The Morgan fingerprint density at radius 3 is 2.72 bits per heavy atom. The topological polar surface area (TPSA) is 115 Å². The lowest BCUT2D eigenvalue weighted by Gasteiger charge is -2.26. The fourth-order valence-electron chi connectivity index (χ4n) is 2.81. The van der Waals surface area contributed by atoms with E-state index in [1.54, 1.807) is 18.2 Å². The third kappa shape index (κ3) is 3.35. The number of sulfonamides is 1. The lowest BCUT2D eigenvalue weighted by atomic mass is 10.2. The van der Waals surface area contributed by atoms with Gasteiger partial charge in [-0.25, -0.2) is 8.42 Å². The van der Waals surface area contributed by atoms with Crippen molar-refractivity contribution < 1.29 is 22.7 Å². The van der Waals surface area contributed by atoms with E-state index in [-0.39, 0.29) is 23.7 Å². The van der Waals surface area contributed by atoms with E-state index in [0.29, 0.717) is 36.5 Å². The minimum Gasteiger partial charge on any atom is -0.494 e. The third-order valence-electron chi connectivity index (χ3n) is 4.01. The monoisotopic (exact) mass is 367 g/mol. The Balaban J connectivity index is 2.15. The second kappa shape index (κ2) is 7.03. The maximum Gasteiger partial charge on any atom is 0.266 e. The first kappa shape index (κ1) is 17.7. The number of nitrogens with one attached hydrogen (secondary N) is 1. The Kier molecular flexibility index (Phi) is 4.98. The number of carbonyl (C=O) groups excluding carboxylic acids is 1. The Hall–Kier alpha value is -2.10. The summed E-state index contributed by atoms with van der Waals surface area (Å²) in [6, 6.07) is 5.04. The number of benzene rings is 1. The Bertz CT molecular complexity index is 885. The van der Waals surface area contributed by atoms with E-state index in [1.165, 1.54) is 4.31 Å². The first-order chi connectivity index (χ1) is 11.9. The van der Waals surface area contributed by atoms with E-state index in [0.717, 1.165) is 6.42 Å². The average Bonchev–Trinajstić information content (AvgIpc) is 3.00. The van der Waals surface area contributed by atoms with Crippen molar-refractivity contribution >= 4 is 26.8 Å². The van der Waals surface area contributed by atoms with Gasteiger partial charge in [0.05, 0.1) is 19.8 Å². The van der Waals surface area contributed by atoms with Crippen LogP contribution in [0.25, 0.3) is 10.9 Å². The fraction of sp³-hybridized carbons (Fsp3) is 0.438. The van der Waals surface area contributed by atoms with Crippen molar-refractivity contribution in [3.63, 3.8) is 0 Å². The van der Waals surface area contributed by atoms with E-state index in [9.17, 15) is 13.2 Å². The molecule has 3 rings (SSSR count). The van der Waals surface area contributed by atoms with Crippen molar-refractivity contribution in [3.8, 4) is 5.75 Å². The van der Waals surface area contributed by atoms with Gasteiger partial charge in [0, 0.05) is 24.0 Å². The zero-order chi connectivity index (χ0) is 18.0. The molecular weight excluding hydrogens is 346 g/mol. The summed E-state index contributed by atoms with van der Waals surface area (Å²) in [5, 5.41) is 0.397. The molecule has 0 spiro atoms. The van der Waals surface area contributed by atoms with Crippen molar-refractivity contribution in [2.24, 2.45) is 5.73 Å². The van der Waals surface area contributed by atoms with Gasteiger partial charge in [-0.1, -0.05) is 6.92 Å².